The summed E-state index contributed by atoms with van der Waals surface area (Å²) in [4.78, 5) is -0.196. The molecule has 0 radical (unpaired) electrons. The Hall–Kier alpha value is -1.40. The molecule has 2 rings (SSSR count). The summed E-state index contributed by atoms with van der Waals surface area (Å²) in [7, 11) is 0. The van der Waals surface area contributed by atoms with Gasteiger partial charge in [0.2, 0.25) is 0 Å². The van der Waals surface area contributed by atoms with Crippen LogP contribution in [0.25, 0.3) is 0 Å². The third-order valence-corrected chi connectivity index (χ3v) is 3.67. The molecule has 1 unspecified atom stereocenters. The van der Waals surface area contributed by atoms with Gasteiger partial charge < -0.3 is 4.74 Å². The maximum Gasteiger partial charge on any atom is 0.159 e. The van der Waals surface area contributed by atoms with Gasteiger partial charge >= 0.3 is 0 Å². The SMILES string of the molecule is CC1=CSC(C)(Oc2ccc(C#N)cc2)C1. The van der Waals surface area contributed by atoms with E-state index in [1.807, 2.05) is 12.1 Å². The van der Waals surface area contributed by atoms with Gasteiger partial charge in [-0.3, -0.25) is 0 Å². The van der Waals surface area contributed by atoms with Gasteiger partial charge in [-0.05, 0) is 43.5 Å². The lowest BCUT2D eigenvalue weighted by atomic mass is 10.1. The second-order valence-electron chi connectivity index (χ2n) is 4.13. The minimum Gasteiger partial charge on any atom is -0.476 e. The topological polar surface area (TPSA) is 33.0 Å². The van der Waals surface area contributed by atoms with Crippen LogP contribution in [-0.4, -0.2) is 4.93 Å². The van der Waals surface area contributed by atoms with E-state index in [0.29, 0.717) is 5.56 Å². The minimum absolute atomic E-state index is 0.196. The average Bonchev–Trinajstić information content (AvgIpc) is 2.59. The molecule has 1 aliphatic heterocycles. The summed E-state index contributed by atoms with van der Waals surface area (Å²) in [6, 6.07) is 9.34. The Morgan fingerprint density at radius 3 is 2.56 bits per heavy atom. The van der Waals surface area contributed by atoms with Crippen molar-refractivity contribution >= 4 is 11.8 Å². The molecule has 2 nitrogen and oxygen atoms in total. The van der Waals surface area contributed by atoms with Crippen LogP contribution < -0.4 is 4.74 Å². The number of hydrogen-bond donors (Lipinski definition) is 0. The van der Waals surface area contributed by atoms with Crippen LogP contribution in [-0.2, 0) is 0 Å². The summed E-state index contributed by atoms with van der Waals surface area (Å²) in [5.41, 5.74) is 2.01. The van der Waals surface area contributed by atoms with E-state index < -0.39 is 0 Å². The van der Waals surface area contributed by atoms with E-state index in [9.17, 15) is 0 Å². The van der Waals surface area contributed by atoms with E-state index in [-0.39, 0.29) is 4.93 Å². The predicted molar refractivity (Wildman–Crippen MR) is 66.2 cm³/mol. The first-order chi connectivity index (χ1) is 7.61. The van der Waals surface area contributed by atoms with E-state index in [0.717, 1.165) is 12.2 Å². The summed E-state index contributed by atoms with van der Waals surface area (Å²) in [6.45, 7) is 4.20. The first-order valence-electron chi connectivity index (χ1n) is 5.14. The van der Waals surface area contributed by atoms with Crippen molar-refractivity contribution in [1.29, 1.82) is 5.26 Å². The molecule has 3 heteroatoms. The molecule has 1 atom stereocenters. The number of nitriles is 1. The molecular formula is C13H13NOS. The van der Waals surface area contributed by atoms with Crippen LogP contribution >= 0.6 is 11.8 Å². The van der Waals surface area contributed by atoms with Gasteiger partial charge in [-0.1, -0.05) is 17.3 Å². The molecule has 0 amide bonds. The molecule has 0 saturated carbocycles. The molecule has 0 fully saturated rings. The first-order valence-corrected chi connectivity index (χ1v) is 6.02. The van der Waals surface area contributed by atoms with Crippen molar-refractivity contribution in [3.8, 4) is 11.8 Å². The van der Waals surface area contributed by atoms with Gasteiger partial charge in [-0.2, -0.15) is 5.26 Å². The molecule has 0 saturated heterocycles. The quantitative estimate of drug-likeness (QED) is 0.778. The number of benzene rings is 1. The second kappa shape index (κ2) is 4.23. The molecular weight excluding hydrogens is 218 g/mol. The zero-order valence-electron chi connectivity index (χ0n) is 9.36. The van der Waals surface area contributed by atoms with Gasteiger partial charge in [-0.15, -0.1) is 0 Å². The van der Waals surface area contributed by atoms with Crippen LogP contribution in [0.3, 0.4) is 0 Å². The molecule has 1 aromatic carbocycles. The molecule has 0 N–H and O–H groups in total. The Kier molecular flexibility index (Phi) is 2.93. The molecule has 1 aliphatic rings. The molecule has 1 aromatic rings. The molecule has 16 heavy (non-hydrogen) atoms. The molecule has 0 aromatic heterocycles. The fraction of sp³-hybridized carbons (Fsp3) is 0.308. The highest BCUT2D eigenvalue weighted by Crippen LogP contribution is 2.41. The fourth-order valence-corrected chi connectivity index (χ4v) is 2.71. The fourth-order valence-electron chi connectivity index (χ4n) is 1.72. The van der Waals surface area contributed by atoms with Crippen molar-refractivity contribution in [2.24, 2.45) is 0 Å². The summed E-state index contributed by atoms with van der Waals surface area (Å²) in [5, 5.41) is 10.8. The lowest BCUT2D eigenvalue weighted by Crippen LogP contribution is -2.25. The zero-order chi connectivity index (χ0) is 11.6. The van der Waals surface area contributed by atoms with Crippen LogP contribution in [0.15, 0.2) is 35.2 Å². The normalized spacial score (nSPS) is 23.7. The summed E-state index contributed by atoms with van der Waals surface area (Å²) < 4.78 is 5.93. The average molecular weight is 231 g/mol. The van der Waals surface area contributed by atoms with Crippen LogP contribution in [0.4, 0.5) is 0 Å². The van der Waals surface area contributed by atoms with E-state index in [2.05, 4.69) is 25.3 Å². The number of rotatable bonds is 2. The predicted octanol–water partition coefficient (Wildman–Crippen LogP) is 3.69. The molecule has 0 bridgehead atoms. The standard InChI is InChI=1S/C13H13NOS/c1-10-7-13(2,16-9-10)15-12-5-3-11(8-14)4-6-12/h3-6,9H,7H2,1-2H3. The Morgan fingerprint density at radius 2 is 2.06 bits per heavy atom. The lowest BCUT2D eigenvalue weighted by Gasteiger charge is -2.25. The van der Waals surface area contributed by atoms with Gasteiger partial charge in [0.25, 0.3) is 0 Å². The van der Waals surface area contributed by atoms with Crippen LogP contribution in [0.1, 0.15) is 25.8 Å². The monoisotopic (exact) mass is 231 g/mol. The van der Waals surface area contributed by atoms with E-state index in [4.69, 9.17) is 10.00 Å². The zero-order valence-corrected chi connectivity index (χ0v) is 10.2. The highest BCUT2D eigenvalue weighted by Gasteiger charge is 2.31. The van der Waals surface area contributed by atoms with Gasteiger partial charge in [0.15, 0.2) is 4.93 Å². The van der Waals surface area contributed by atoms with Crippen LogP contribution in [0, 0.1) is 11.3 Å². The van der Waals surface area contributed by atoms with Crippen LogP contribution in [0.5, 0.6) is 5.75 Å². The van der Waals surface area contributed by atoms with E-state index in [1.54, 1.807) is 23.9 Å². The molecule has 0 aliphatic carbocycles. The Morgan fingerprint density at radius 1 is 1.38 bits per heavy atom. The highest BCUT2D eigenvalue weighted by molar-refractivity contribution is 8.03. The summed E-state index contributed by atoms with van der Waals surface area (Å²) >= 11 is 1.71. The van der Waals surface area contributed by atoms with Crippen LogP contribution in [0.2, 0.25) is 0 Å². The van der Waals surface area contributed by atoms with Gasteiger partial charge in [-0.25, -0.2) is 0 Å². The van der Waals surface area contributed by atoms with Gasteiger partial charge in [0.1, 0.15) is 5.75 Å². The smallest absolute Gasteiger partial charge is 0.159 e. The van der Waals surface area contributed by atoms with Crippen molar-refractivity contribution in [2.45, 2.75) is 25.2 Å². The maximum absolute atomic E-state index is 8.69. The maximum atomic E-state index is 8.69. The molecule has 82 valence electrons. The Labute approximate surface area is 99.9 Å². The second-order valence-corrected chi connectivity index (χ2v) is 5.47. The van der Waals surface area contributed by atoms with Crippen molar-refractivity contribution in [3.05, 3.63) is 40.8 Å². The number of thioether (sulfide) groups is 1. The van der Waals surface area contributed by atoms with Crippen molar-refractivity contribution in [1.82, 2.24) is 0 Å². The number of hydrogen-bond acceptors (Lipinski definition) is 3. The molecule has 1 heterocycles. The highest BCUT2D eigenvalue weighted by atomic mass is 32.2. The van der Waals surface area contributed by atoms with Gasteiger partial charge in [0, 0.05) is 6.42 Å². The van der Waals surface area contributed by atoms with Crippen molar-refractivity contribution in [3.63, 3.8) is 0 Å². The lowest BCUT2D eigenvalue weighted by molar-refractivity contribution is 0.190. The third kappa shape index (κ3) is 2.40. The van der Waals surface area contributed by atoms with E-state index in [1.165, 1.54) is 5.57 Å². The minimum atomic E-state index is -0.196. The molecule has 0 spiro atoms. The van der Waals surface area contributed by atoms with Crippen molar-refractivity contribution in [2.75, 3.05) is 0 Å². The Balaban J connectivity index is 2.07. The van der Waals surface area contributed by atoms with E-state index >= 15 is 0 Å². The summed E-state index contributed by atoms with van der Waals surface area (Å²) in [5.74, 6) is 0.817. The van der Waals surface area contributed by atoms with Gasteiger partial charge in [0.05, 0.1) is 11.6 Å². The first kappa shape index (κ1) is 11.1. The summed E-state index contributed by atoms with van der Waals surface area (Å²) in [6.07, 6.45) is 0.942. The Bertz CT molecular complexity index is 458. The number of nitrogens with zero attached hydrogens (tertiary/aromatic N) is 1. The largest absolute Gasteiger partial charge is 0.476 e. The number of ether oxygens (including phenoxy) is 1. The third-order valence-electron chi connectivity index (χ3n) is 2.43. The van der Waals surface area contributed by atoms with Crippen molar-refractivity contribution < 1.29 is 4.74 Å².